The van der Waals surface area contributed by atoms with Crippen molar-refractivity contribution in [2.75, 3.05) is 27.9 Å². The monoisotopic (exact) mass is 412 g/mol. The molecule has 1 atom stereocenters. The van der Waals surface area contributed by atoms with E-state index >= 15 is 0 Å². The number of urea groups is 1. The number of esters is 1. The standard InChI is InChI=1S/C22H24N2O6/c1-5-30-21(25)18-19(13-6-9-15(27-2)10-7-13)23-22(26)24-20(18)14-8-11-16(28-3)17(12-14)29-4/h6-12,20H,5H2,1-4H3,(H2,23,24,26). The summed E-state index contributed by atoms with van der Waals surface area (Å²) in [6, 6.07) is 11.1. The molecular formula is C22H24N2O6. The lowest BCUT2D eigenvalue weighted by Crippen LogP contribution is -2.45. The average Bonchev–Trinajstić information content (AvgIpc) is 2.78. The molecule has 1 aliphatic heterocycles. The Morgan fingerprint density at radius 2 is 1.67 bits per heavy atom. The molecule has 0 aromatic heterocycles. The first-order chi connectivity index (χ1) is 14.5. The van der Waals surface area contributed by atoms with Gasteiger partial charge in [0, 0.05) is 0 Å². The second-order valence-corrected chi connectivity index (χ2v) is 6.38. The quantitative estimate of drug-likeness (QED) is 0.679. The Balaban J connectivity index is 2.16. The van der Waals surface area contributed by atoms with Crippen LogP contribution in [0.15, 0.2) is 48.0 Å². The summed E-state index contributed by atoms with van der Waals surface area (Å²) < 4.78 is 21.2. The van der Waals surface area contributed by atoms with Gasteiger partial charge in [0.05, 0.1) is 45.2 Å². The Morgan fingerprint density at radius 1 is 0.967 bits per heavy atom. The van der Waals surface area contributed by atoms with Gasteiger partial charge in [0.2, 0.25) is 0 Å². The van der Waals surface area contributed by atoms with Crippen molar-refractivity contribution >= 4 is 17.7 Å². The number of methoxy groups -OCH3 is 3. The maximum atomic E-state index is 12.9. The first-order valence-corrected chi connectivity index (χ1v) is 9.37. The summed E-state index contributed by atoms with van der Waals surface area (Å²) in [6.45, 7) is 1.93. The van der Waals surface area contributed by atoms with Crippen LogP contribution in [0.25, 0.3) is 5.70 Å². The first kappa shape index (κ1) is 21.0. The van der Waals surface area contributed by atoms with E-state index in [0.717, 1.165) is 0 Å². The number of carbonyl (C=O) groups excluding carboxylic acids is 2. The summed E-state index contributed by atoms with van der Waals surface area (Å²) in [5.41, 5.74) is 1.96. The van der Waals surface area contributed by atoms with Crippen LogP contribution in [-0.2, 0) is 9.53 Å². The zero-order valence-corrected chi connectivity index (χ0v) is 17.3. The summed E-state index contributed by atoms with van der Waals surface area (Å²) >= 11 is 0. The highest BCUT2D eigenvalue weighted by molar-refractivity contribution is 6.04. The van der Waals surface area contributed by atoms with Crippen molar-refractivity contribution in [1.29, 1.82) is 0 Å². The molecule has 1 unspecified atom stereocenters. The highest BCUT2D eigenvalue weighted by Gasteiger charge is 2.34. The Labute approximate surface area is 174 Å². The molecule has 158 valence electrons. The van der Waals surface area contributed by atoms with Gasteiger partial charge in [0.1, 0.15) is 5.75 Å². The molecule has 0 spiro atoms. The molecule has 3 rings (SSSR count). The van der Waals surface area contributed by atoms with Crippen LogP contribution < -0.4 is 24.8 Å². The third-order valence-corrected chi connectivity index (χ3v) is 4.69. The lowest BCUT2D eigenvalue weighted by molar-refractivity contribution is -0.138. The van der Waals surface area contributed by atoms with Crippen LogP contribution in [0.1, 0.15) is 24.1 Å². The van der Waals surface area contributed by atoms with Gasteiger partial charge < -0.3 is 29.6 Å². The van der Waals surface area contributed by atoms with E-state index in [-0.39, 0.29) is 12.2 Å². The average molecular weight is 412 g/mol. The van der Waals surface area contributed by atoms with Crippen LogP contribution in [0.4, 0.5) is 4.79 Å². The predicted octanol–water partition coefficient (Wildman–Crippen LogP) is 3.04. The van der Waals surface area contributed by atoms with E-state index in [1.165, 1.54) is 14.2 Å². The van der Waals surface area contributed by atoms with Crippen LogP contribution in [0.3, 0.4) is 0 Å². The van der Waals surface area contributed by atoms with Gasteiger partial charge in [-0.2, -0.15) is 0 Å². The summed E-state index contributed by atoms with van der Waals surface area (Å²) in [4.78, 5) is 25.4. The van der Waals surface area contributed by atoms with Crippen LogP contribution in [0.2, 0.25) is 0 Å². The molecule has 2 aromatic rings. The minimum atomic E-state index is -0.741. The van der Waals surface area contributed by atoms with E-state index in [0.29, 0.717) is 34.1 Å². The third-order valence-electron chi connectivity index (χ3n) is 4.69. The van der Waals surface area contributed by atoms with Crippen molar-refractivity contribution in [3.8, 4) is 17.2 Å². The van der Waals surface area contributed by atoms with Crippen molar-refractivity contribution in [1.82, 2.24) is 10.6 Å². The highest BCUT2D eigenvalue weighted by Crippen LogP contribution is 2.36. The van der Waals surface area contributed by atoms with Crippen LogP contribution in [0.5, 0.6) is 17.2 Å². The Kier molecular flexibility index (Phi) is 6.46. The molecule has 1 aliphatic rings. The Hall–Kier alpha value is -3.68. The van der Waals surface area contributed by atoms with Gasteiger partial charge in [-0.1, -0.05) is 6.07 Å². The lowest BCUT2D eigenvalue weighted by Gasteiger charge is -2.30. The highest BCUT2D eigenvalue weighted by atomic mass is 16.5. The molecule has 8 nitrogen and oxygen atoms in total. The number of benzene rings is 2. The summed E-state index contributed by atoms with van der Waals surface area (Å²) in [5.74, 6) is 1.15. The topological polar surface area (TPSA) is 95.1 Å². The molecule has 0 radical (unpaired) electrons. The molecule has 2 amide bonds. The Bertz CT molecular complexity index is 968. The zero-order chi connectivity index (χ0) is 21.7. The van der Waals surface area contributed by atoms with E-state index in [4.69, 9.17) is 18.9 Å². The van der Waals surface area contributed by atoms with Crippen molar-refractivity contribution < 1.29 is 28.5 Å². The molecule has 1 heterocycles. The van der Waals surface area contributed by atoms with Crippen molar-refractivity contribution in [3.05, 3.63) is 59.2 Å². The first-order valence-electron chi connectivity index (χ1n) is 9.37. The summed E-state index contributed by atoms with van der Waals surface area (Å²) in [6.07, 6.45) is 0. The molecule has 2 aromatic carbocycles. The zero-order valence-electron chi connectivity index (χ0n) is 17.3. The maximum Gasteiger partial charge on any atom is 0.338 e. The fourth-order valence-electron chi connectivity index (χ4n) is 3.26. The van der Waals surface area contributed by atoms with Crippen molar-refractivity contribution in [2.24, 2.45) is 0 Å². The fraction of sp³-hybridized carbons (Fsp3) is 0.273. The van der Waals surface area contributed by atoms with E-state index < -0.39 is 18.0 Å². The fourth-order valence-corrected chi connectivity index (χ4v) is 3.26. The van der Waals surface area contributed by atoms with E-state index in [1.807, 2.05) is 0 Å². The summed E-state index contributed by atoms with van der Waals surface area (Å²) in [5, 5.41) is 5.55. The van der Waals surface area contributed by atoms with Gasteiger partial charge in [0.25, 0.3) is 0 Å². The number of nitrogens with one attached hydrogen (secondary N) is 2. The number of ether oxygens (including phenoxy) is 4. The van der Waals surface area contributed by atoms with Gasteiger partial charge in [-0.3, -0.25) is 0 Å². The predicted molar refractivity (Wildman–Crippen MR) is 111 cm³/mol. The molecule has 0 bridgehead atoms. The lowest BCUT2D eigenvalue weighted by atomic mass is 9.92. The number of amides is 2. The molecule has 0 aliphatic carbocycles. The number of hydrogen-bond acceptors (Lipinski definition) is 6. The van der Waals surface area contributed by atoms with Crippen LogP contribution in [0, 0.1) is 0 Å². The normalized spacial score (nSPS) is 15.7. The SMILES string of the molecule is CCOC(=O)C1=C(c2ccc(OC)cc2)NC(=O)NC1c1ccc(OC)c(OC)c1. The van der Waals surface area contributed by atoms with Crippen molar-refractivity contribution in [2.45, 2.75) is 13.0 Å². The van der Waals surface area contributed by atoms with E-state index in [2.05, 4.69) is 10.6 Å². The van der Waals surface area contributed by atoms with Gasteiger partial charge in [-0.15, -0.1) is 0 Å². The number of carbonyl (C=O) groups is 2. The van der Waals surface area contributed by atoms with E-state index in [1.54, 1.807) is 56.5 Å². The molecule has 30 heavy (non-hydrogen) atoms. The third kappa shape index (κ3) is 4.17. The molecule has 8 heteroatoms. The minimum Gasteiger partial charge on any atom is -0.497 e. The molecular weight excluding hydrogens is 388 g/mol. The number of hydrogen-bond donors (Lipinski definition) is 2. The Morgan fingerprint density at radius 3 is 2.27 bits per heavy atom. The largest absolute Gasteiger partial charge is 0.497 e. The van der Waals surface area contributed by atoms with Crippen LogP contribution >= 0.6 is 0 Å². The molecule has 0 saturated carbocycles. The molecule has 2 N–H and O–H groups in total. The summed E-state index contributed by atoms with van der Waals surface area (Å²) in [7, 11) is 4.63. The molecule has 0 fully saturated rings. The maximum absolute atomic E-state index is 12.9. The van der Waals surface area contributed by atoms with Gasteiger partial charge in [0.15, 0.2) is 11.5 Å². The van der Waals surface area contributed by atoms with E-state index in [9.17, 15) is 9.59 Å². The second-order valence-electron chi connectivity index (χ2n) is 6.38. The molecule has 0 saturated heterocycles. The van der Waals surface area contributed by atoms with Crippen molar-refractivity contribution in [3.63, 3.8) is 0 Å². The smallest absolute Gasteiger partial charge is 0.338 e. The second kappa shape index (κ2) is 9.21. The van der Waals surface area contributed by atoms with Gasteiger partial charge in [-0.05, 0) is 54.4 Å². The minimum absolute atomic E-state index is 0.199. The van der Waals surface area contributed by atoms with Crippen LogP contribution in [-0.4, -0.2) is 39.9 Å². The van der Waals surface area contributed by atoms with Gasteiger partial charge >= 0.3 is 12.0 Å². The van der Waals surface area contributed by atoms with Gasteiger partial charge in [-0.25, -0.2) is 9.59 Å². The number of rotatable bonds is 7.